The Labute approximate surface area is 120 Å². The number of nitrogens with zero attached hydrogens (tertiary/aromatic N) is 1. The SMILES string of the molecule is C/C=C\c1c(C)n(Cc2ccccc2)c2ccccc12. The third-order valence-corrected chi connectivity index (χ3v) is 3.80. The van der Waals surface area contributed by atoms with Gasteiger partial charge >= 0.3 is 0 Å². The molecule has 1 heterocycles. The first-order valence-electron chi connectivity index (χ1n) is 7.05. The first-order chi connectivity index (χ1) is 9.81. The molecule has 20 heavy (non-hydrogen) atoms. The van der Waals surface area contributed by atoms with E-state index in [2.05, 4.69) is 85.2 Å². The maximum Gasteiger partial charge on any atom is 0.0491 e. The van der Waals surface area contributed by atoms with E-state index in [0.717, 1.165) is 6.54 Å². The molecule has 0 unspecified atom stereocenters. The number of aromatic nitrogens is 1. The molecule has 0 aliphatic heterocycles. The minimum absolute atomic E-state index is 0.921. The van der Waals surface area contributed by atoms with Gasteiger partial charge in [-0.25, -0.2) is 0 Å². The third-order valence-electron chi connectivity index (χ3n) is 3.80. The fraction of sp³-hybridized carbons (Fsp3) is 0.158. The second kappa shape index (κ2) is 5.38. The van der Waals surface area contributed by atoms with Gasteiger partial charge in [-0.1, -0.05) is 60.7 Å². The van der Waals surface area contributed by atoms with Crippen LogP contribution in [-0.4, -0.2) is 4.57 Å². The molecule has 0 radical (unpaired) electrons. The van der Waals surface area contributed by atoms with E-state index in [1.54, 1.807) is 0 Å². The molecule has 0 spiro atoms. The topological polar surface area (TPSA) is 4.93 Å². The maximum absolute atomic E-state index is 2.40. The van der Waals surface area contributed by atoms with Crippen LogP contribution >= 0.6 is 0 Å². The van der Waals surface area contributed by atoms with Crippen molar-refractivity contribution in [3.63, 3.8) is 0 Å². The first-order valence-corrected chi connectivity index (χ1v) is 7.05. The predicted molar refractivity (Wildman–Crippen MR) is 86.9 cm³/mol. The number of fused-ring (bicyclic) bond motifs is 1. The smallest absolute Gasteiger partial charge is 0.0491 e. The molecule has 0 N–H and O–H groups in total. The highest BCUT2D eigenvalue weighted by molar-refractivity contribution is 5.91. The molecule has 0 bridgehead atoms. The number of rotatable bonds is 3. The van der Waals surface area contributed by atoms with Crippen LogP contribution < -0.4 is 0 Å². The summed E-state index contributed by atoms with van der Waals surface area (Å²) in [5.74, 6) is 0. The Hall–Kier alpha value is -2.28. The van der Waals surface area contributed by atoms with Gasteiger partial charge in [0.15, 0.2) is 0 Å². The van der Waals surface area contributed by atoms with E-state index in [4.69, 9.17) is 0 Å². The average Bonchev–Trinajstić information content (AvgIpc) is 2.75. The normalized spacial score (nSPS) is 11.5. The molecule has 0 saturated carbocycles. The monoisotopic (exact) mass is 261 g/mol. The van der Waals surface area contributed by atoms with Crippen LogP contribution in [0.3, 0.4) is 0 Å². The van der Waals surface area contributed by atoms with Gasteiger partial charge in [-0.3, -0.25) is 0 Å². The molecule has 0 fully saturated rings. The molecule has 1 aromatic heterocycles. The largest absolute Gasteiger partial charge is 0.340 e. The van der Waals surface area contributed by atoms with E-state index in [1.165, 1.54) is 27.7 Å². The van der Waals surface area contributed by atoms with Crippen LogP contribution in [0, 0.1) is 6.92 Å². The van der Waals surface area contributed by atoms with Crippen molar-refractivity contribution >= 4 is 17.0 Å². The molecule has 100 valence electrons. The highest BCUT2D eigenvalue weighted by Crippen LogP contribution is 2.27. The van der Waals surface area contributed by atoms with Crippen LogP contribution in [0.1, 0.15) is 23.7 Å². The molecule has 0 atom stereocenters. The van der Waals surface area contributed by atoms with Gasteiger partial charge in [-0.05, 0) is 25.5 Å². The first kappa shape index (κ1) is 12.7. The van der Waals surface area contributed by atoms with Crippen molar-refractivity contribution in [3.8, 4) is 0 Å². The minimum atomic E-state index is 0.921. The van der Waals surface area contributed by atoms with Crippen LogP contribution in [0.4, 0.5) is 0 Å². The summed E-state index contributed by atoms with van der Waals surface area (Å²) in [7, 11) is 0. The molecule has 1 heteroatoms. The molecular weight excluding hydrogens is 242 g/mol. The molecule has 3 rings (SSSR count). The Kier molecular flexibility index (Phi) is 3.42. The number of allylic oxidation sites excluding steroid dienone is 1. The Morgan fingerprint density at radius 1 is 0.950 bits per heavy atom. The fourth-order valence-corrected chi connectivity index (χ4v) is 2.80. The predicted octanol–water partition coefficient (Wildman–Crippen LogP) is 5.03. The van der Waals surface area contributed by atoms with Gasteiger partial charge in [0.1, 0.15) is 0 Å². The standard InChI is InChI=1S/C19H19N/c1-3-9-17-15(2)20(14-16-10-5-4-6-11-16)19-13-8-7-12-18(17)19/h3-13H,14H2,1-2H3/b9-3-. The average molecular weight is 261 g/mol. The molecule has 3 aromatic rings. The highest BCUT2D eigenvalue weighted by atomic mass is 15.0. The summed E-state index contributed by atoms with van der Waals surface area (Å²) < 4.78 is 2.40. The summed E-state index contributed by atoms with van der Waals surface area (Å²) in [4.78, 5) is 0. The molecule has 0 saturated heterocycles. The lowest BCUT2D eigenvalue weighted by molar-refractivity contribution is 0.804. The molecule has 2 aromatic carbocycles. The quantitative estimate of drug-likeness (QED) is 0.623. The summed E-state index contributed by atoms with van der Waals surface area (Å²) in [6.07, 6.45) is 4.32. The van der Waals surface area contributed by atoms with Crippen molar-refractivity contribution < 1.29 is 0 Å². The van der Waals surface area contributed by atoms with Gasteiger partial charge in [0.25, 0.3) is 0 Å². The lowest BCUT2D eigenvalue weighted by Gasteiger charge is -2.08. The summed E-state index contributed by atoms with van der Waals surface area (Å²) in [6.45, 7) is 5.20. The number of hydrogen-bond acceptors (Lipinski definition) is 0. The number of para-hydroxylation sites is 1. The van der Waals surface area contributed by atoms with Crippen LogP contribution in [-0.2, 0) is 6.54 Å². The summed E-state index contributed by atoms with van der Waals surface area (Å²) in [5.41, 5.74) is 5.30. The van der Waals surface area contributed by atoms with Crippen LogP contribution in [0.25, 0.3) is 17.0 Å². The second-order valence-corrected chi connectivity index (χ2v) is 5.09. The van der Waals surface area contributed by atoms with Crippen LogP contribution in [0.2, 0.25) is 0 Å². The van der Waals surface area contributed by atoms with Crippen molar-refractivity contribution in [2.24, 2.45) is 0 Å². The fourth-order valence-electron chi connectivity index (χ4n) is 2.80. The van der Waals surface area contributed by atoms with Gasteiger partial charge in [0.2, 0.25) is 0 Å². The maximum atomic E-state index is 2.40. The molecule has 0 amide bonds. The Morgan fingerprint density at radius 2 is 1.65 bits per heavy atom. The summed E-state index contributed by atoms with van der Waals surface area (Å²) >= 11 is 0. The van der Waals surface area contributed by atoms with E-state index in [-0.39, 0.29) is 0 Å². The van der Waals surface area contributed by atoms with Gasteiger partial charge in [-0.2, -0.15) is 0 Å². The minimum Gasteiger partial charge on any atom is -0.340 e. The number of benzene rings is 2. The van der Waals surface area contributed by atoms with E-state index in [0.29, 0.717) is 0 Å². The Morgan fingerprint density at radius 3 is 2.40 bits per heavy atom. The zero-order chi connectivity index (χ0) is 13.9. The summed E-state index contributed by atoms with van der Waals surface area (Å²) in [6, 6.07) is 19.3. The Balaban J connectivity index is 2.17. The zero-order valence-corrected chi connectivity index (χ0v) is 12.0. The van der Waals surface area contributed by atoms with Crippen LogP contribution in [0.5, 0.6) is 0 Å². The van der Waals surface area contributed by atoms with Crippen LogP contribution in [0.15, 0.2) is 60.7 Å². The van der Waals surface area contributed by atoms with Crippen molar-refractivity contribution in [2.45, 2.75) is 20.4 Å². The zero-order valence-electron chi connectivity index (χ0n) is 12.0. The van der Waals surface area contributed by atoms with Crippen molar-refractivity contribution in [3.05, 3.63) is 77.5 Å². The van der Waals surface area contributed by atoms with Crippen molar-refractivity contribution in [1.29, 1.82) is 0 Å². The Bertz CT molecular complexity index is 748. The molecule has 0 aliphatic rings. The van der Waals surface area contributed by atoms with E-state index >= 15 is 0 Å². The van der Waals surface area contributed by atoms with E-state index < -0.39 is 0 Å². The van der Waals surface area contributed by atoms with Crippen molar-refractivity contribution in [1.82, 2.24) is 4.57 Å². The molecule has 1 nitrogen and oxygen atoms in total. The lowest BCUT2D eigenvalue weighted by atomic mass is 10.1. The lowest BCUT2D eigenvalue weighted by Crippen LogP contribution is -2.01. The van der Waals surface area contributed by atoms with E-state index in [1.807, 2.05) is 0 Å². The van der Waals surface area contributed by atoms with Gasteiger partial charge in [-0.15, -0.1) is 0 Å². The van der Waals surface area contributed by atoms with Gasteiger partial charge < -0.3 is 4.57 Å². The summed E-state index contributed by atoms with van der Waals surface area (Å²) in [5, 5.41) is 1.33. The van der Waals surface area contributed by atoms with Gasteiger partial charge in [0.05, 0.1) is 0 Å². The molecule has 0 aliphatic carbocycles. The highest BCUT2D eigenvalue weighted by Gasteiger charge is 2.11. The second-order valence-electron chi connectivity index (χ2n) is 5.09. The van der Waals surface area contributed by atoms with E-state index in [9.17, 15) is 0 Å². The van der Waals surface area contributed by atoms with Gasteiger partial charge in [0, 0.05) is 28.7 Å². The number of hydrogen-bond donors (Lipinski definition) is 0. The molecular formula is C19H19N. The van der Waals surface area contributed by atoms with Crippen molar-refractivity contribution in [2.75, 3.05) is 0 Å². The third kappa shape index (κ3) is 2.16.